The summed E-state index contributed by atoms with van der Waals surface area (Å²) >= 11 is 0.311. The van der Waals surface area contributed by atoms with E-state index < -0.39 is 11.1 Å². The molecule has 2 aliphatic heterocycles. The van der Waals surface area contributed by atoms with Crippen molar-refractivity contribution < 1.29 is 18.0 Å². The van der Waals surface area contributed by atoms with Gasteiger partial charge in [0, 0.05) is 6.26 Å². The van der Waals surface area contributed by atoms with E-state index in [-0.39, 0.29) is 18.6 Å². The minimum atomic E-state index is -1.28. The standard InChI is InChI=1S/C10H11NO4S2/c1-17(12)14-5-8-6-4-13-7-2-3-16-10(7)9(6)11-15-8/h2-3,6,8H,4-5H2,1H3. The van der Waals surface area contributed by atoms with E-state index in [1.165, 1.54) is 6.26 Å². The third-order valence-corrected chi connectivity index (χ3v) is 4.15. The first-order valence-corrected chi connectivity index (χ1v) is 7.53. The number of fused-ring (bicyclic) bond motifs is 3. The van der Waals surface area contributed by atoms with Gasteiger partial charge in [0.1, 0.15) is 24.7 Å². The van der Waals surface area contributed by atoms with Crippen LogP contribution in [0, 0.1) is 5.92 Å². The predicted octanol–water partition coefficient (Wildman–Crippen LogP) is 1.17. The van der Waals surface area contributed by atoms with Gasteiger partial charge in [-0.25, -0.2) is 4.21 Å². The highest BCUT2D eigenvalue weighted by Gasteiger charge is 2.40. The number of ether oxygens (including phenoxy) is 1. The van der Waals surface area contributed by atoms with E-state index >= 15 is 0 Å². The van der Waals surface area contributed by atoms with Gasteiger partial charge in [-0.15, -0.1) is 11.3 Å². The maximum Gasteiger partial charge on any atom is 0.163 e. The van der Waals surface area contributed by atoms with Gasteiger partial charge in [0.25, 0.3) is 0 Å². The maximum absolute atomic E-state index is 10.9. The SMILES string of the molecule is CS(=O)OCC1ON=C2c3sccc3OCC21. The normalized spacial score (nSPS) is 27.5. The zero-order chi connectivity index (χ0) is 11.8. The van der Waals surface area contributed by atoms with Gasteiger partial charge in [-0.3, -0.25) is 4.18 Å². The van der Waals surface area contributed by atoms with Crippen LogP contribution in [-0.4, -0.2) is 35.5 Å². The van der Waals surface area contributed by atoms with Crippen molar-refractivity contribution in [2.45, 2.75) is 6.10 Å². The Kier molecular flexibility index (Phi) is 2.89. The first-order chi connectivity index (χ1) is 8.25. The van der Waals surface area contributed by atoms with Crippen molar-refractivity contribution >= 4 is 28.1 Å². The molecule has 3 rings (SSSR count). The molecular formula is C10H11NO4S2. The molecule has 3 atom stereocenters. The molecule has 0 radical (unpaired) electrons. The Balaban J connectivity index is 1.76. The van der Waals surface area contributed by atoms with E-state index in [4.69, 9.17) is 13.8 Å². The van der Waals surface area contributed by atoms with Crippen LogP contribution in [0.1, 0.15) is 4.88 Å². The number of thiophene rings is 1. The zero-order valence-corrected chi connectivity index (χ0v) is 10.8. The summed E-state index contributed by atoms with van der Waals surface area (Å²) in [6.45, 7) is 0.803. The van der Waals surface area contributed by atoms with Crippen LogP contribution in [0.2, 0.25) is 0 Å². The van der Waals surface area contributed by atoms with Crippen molar-refractivity contribution in [3.05, 3.63) is 16.3 Å². The molecule has 0 bridgehead atoms. The monoisotopic (exact) mass is 273 g/mol. The van der Waals surface area contributed by atoms with Gasteiger partial charge in [-0.05, 0) is 11.4 Å². The molecule has 0 fully saturated rings. The largest absolute Gasteiger partial charge is 0.491 e. The lowest BCUT2D eigenvalue weighted by Crippen LogP contribution is -2.35. The Morgan fingerprint density at radius 2 is 2.59 bits per heavy atom. The van der Waals surface area contributed by atoms with Crippen LogP contribution in [-0.2, 0) is 20.1 Å². The van der Waals surface area contributed by atoms with Crippen molar-refractivity contribution in [1.82, 2.24) is 0 Å². The Labute approximate surface area is 105 Å². The van der Waals surface area contributed by atoms with E-state index in [2.05, 4.69) is 5.16 Å². The van der Waals surface area contributed by atoms with Crippen molar-refractivity contribution in [2.24, 2.45) is 11.1 Å². The topological polar surface area (TPSA) is 57.1 Å². The van der Waals surface area contributed by atoms with Crippen molar-refractivity contribution in [1.29, 1.82) is 0 Å². The fourth-order valence-corrected chi connectivity index (χ4v) is 3.13. The molecular weight excluding hydrogens is 262 g/mol. The summed E-state index contributed by atoms with van der Waals surface area (Å²) in [5, 5.41) is 6.07. The average molecular weight is 273 g/mol. The summed E-state index contributed by atoms with van der Waals surface area (Å²) in [5.41, 5.74) is 0.928. The Morgan fingerprint density at radius 1 is 1.71 bits per heavy atom. The lowest BCUT2D eigenvalue weighted by atomic mass is 9.96. The number of nitrogens with zero attached hydrogens (tertiary/aromatic N) is 1. The maximum atomic E-state index is 10.9. The molecule has 1 aromatic heterocycles. The third kappa shape index (κ3) is 1.98. The number of hydrogen-bond donors (Lipinski definition) is 0. The van der Waals surface area contributed by atoms with Crippen LogP contribution in [0.5, 0.6) is 5.75 Å². The smallest absolute Gasteiger partial charge is 0.163 e. The van der Waals surface area contributed by atoms with Gasteiger partial charge >= 0.3 is 0 Å². The molecule has 0 amide bonds. The third-order valence-electron chi connectivity index (χ3n) is 2.76. The highest BCUT2D eigenvalue weighted by Crippen LogP contribution is 2.37. The molecule has 3 unspecified atom stereocenters. The molecule has 0 aromatic carbocycles. The summed E-state index contributed by atoms with van der Waals surface area (Å²) in [4.78, 5) is 6.36. The molecule has 5 nitrogen and oxygen atoms in total. The molecule has 0 aliphatic carbocycles. The van der Waals surface area contributed by atoms with E-state index in [9.17, 15) is 4.21 Å². The minimum absolute atomic E-state index is 0.0738. The molecule has 92 valence electrons. The molecule has 3 heterocycles. The highest BCUT2D eigenvalue weighted by molar-refractivity contribution is 7.79. The Bertz CT molecular complexity index is 484. The van der Waals surface area contributed by atoms with Gasteiger partial charge < -0.3 is 9.57 Å². The van der Waals surface area contributed by atoms with Crippen molar-refractivity contribution in [2.75, 3.05) is 19.5 Å². The second-order valence-electron chi connectivity index (χ2n) is 3.84. The van der Waals surface area contributed by atoms with Crippen LogP contribution >= 0.6 is 11.3 Å². The minimum Gasteiger partial charge on any atom is -0.491 e. The van der Waals surface area contributed by atoms with Gasteiger partial charge in [-0.1, -0.05) is 5.16 Å². The predicted molar refractivity (Wildman–Crippen MR) is 64.7 cm³/mol. The number of hydrogen-bond acceptors (Lipinski definition) is 6. The Hall–Kier alpha value is -0.920. The van der Waals surface area contributed by atoms with Gasteiger partial charge in [0.15, 0.2) is 17.2 Å². The molecule has 17 heavy (non-hydrogen) atoms. The first-order valence-electron chi connectivity index (χ1n) is 5.17. The van der Waals surface area contributed by atoms with Crippen LogP contribution in [0.25, 0.3) is 0 Å². The van der Waals surface area contributed by atoms with Crippen LogP contribution in [0.15, 0.2) is 16.6 Å². The molecule has 0 spiro atoms. The van der Waals surface area contributed by atoms with E-state index in [1.54, 1.807) is 11.3 Å². The van der Waals surface area contributed by atoms with E-state index in [0.717, 1.165) is 16.3 Å². The summed E-state index contributed by atoms with van der Waals surface area (Å²) in [6, 6.07) is 1.93. The summed E-state index contributed by atoms with van der Waals surface area (Å²) in [7, 11) is 0. The molecule has 0 saturated heterocycles. The summed E-state index contributed by atoms with van der Waals surface area (Å²) < 4.78 is 21.6. The Morgan fingerprint density at radius 3 is 3.41 bits per heavy atom. The first kappa shape index (κ1) is 11.2. The molecule has 2 aliphatic rings. The van der Waals surface area contributed by atoms with E-state index in [1.807, 2.05) is 11.4 Å². The number of oxime groups is 1. The lowest BCUT2D eigenvalue weighted by molar-refractivity contribution is 0.0193. The van der Waals surface area contributed by atoms with Gasteiger partial charge in [-0.2, -0.15) is 0 Å². The number of rotatable bonds is 3. The van der Waals surface area contributed by atoms with Crippen LogP contribution < -0.4 is 4.74 Å². The summed E-state index contributed by atoms with van der Waals surface area (Å²) in [6.07, 6.45) is 1.29. The van der Waals surface area contributed by atoms with Crippen molar-refractivity contribution in [3.8, 4) is 5.75 Å². The average Bonchev–Trinajstić information content (AvgIpc) is 2.91. The van der Waals surface area contributed by atoms with Gasteiger partial charge in [0.2, 0.25) is 0 Å². The van der Waals surface area contributed by atoms with E-state index in [0.29, 0.717) is 6.61 Å². The molecule has 0 saturated carbocycles. The molecule has 1 aromatic rings. The fraction of sp³-hybridized carbons (Fsp3) is 0.500. The van der Waals surface area contributed by atoms with Gasteiger partial charge in [0.05, 0.1) is 10.8 Å². The highest BCUT2D eigenvalue weighted by atomic mass is 32.2. The summed E-state index contributed by atoms with van der Waals surface area (Å²) in [5.74, 6) is 0.943. The molecule has 0 N–H and O–H groups in total. The zero-order valence-electron chi connectivity index (χ0n) is 9.12. The second kappa shape index (κ2) is 4.40. The van der Waals surface area contributed by atoms with Crippen LogP contribution in [0.3, 0.4) is 0 Å². The second-order valence-corrected chi connectivity index (χ2v) is 5.79. The van der Waals surface area contributed by atoms with Crippen LogP contribution in [0.4, 0.5) is 0 Å². The lowest BCUT2D eigenvalue weighted by Gasteiger charge is -2.22. The quantitative estimate of drug-likeness (QED) is 0.829. The van der Waals surface area contributed by atoms with Crippen molar-refractivity contribution in [3.63, 3.8) is 0 Å². The fourth-order valence-electron chi connectivity index (χ4n) is 1.92. The molecule has 7 heteroatoms.